The standard InChI is InChI=1S/C29H27BrCl2N2O4/c1-28(2,3)38-25(35)20-9-5-19(6-10-20)17-33-27(37)34(24-14-22(31)13-23(32)15-24)26(36)29(33,4)16-18-7-11-21(30)12-8-18/h5-15H,16-17H2,1-4H3/t29-/m1/s1. The summed E-state index contributed by atoms with van der Waals surface area (Å²) in [5, 5.41) is 0.637. The van der Waals surface area contributed by atoms with E-state index in [1.165, 1.54) is 0 Å². The van der Waals surface area contributed by atoms with Crippen LogP contribution in [0.3, 0.4) is 0 Å². The lowest BCUT2D eigenvalue weighted by atomic mass is 9.90. The van der Waals surface area contributed by atoms with Gasteiger partial charge in [0.25, 0.3) is 5.91 Å². The summed E-state index contributed by atoms with van der Waals surface area (Å²) in [5.41, 5.74) is 0.561. The molecule has 0 saturated carbocycles. The fourth-order valence-corrected chi connectivity index (χ4v) is 5.13. The first kappa shape index (κ1) is 28.1. The fourth-order valence-electron chi connectivity index (χ4n) is 4.35. The molecule has 0 aromatic heterocycles. The quantitative estimate of drug-likeness (QED) is 0.210. The van der Waals surface area contributed by atoms with Gasteiger partial charge in [-0.25, -0.2) is 14.5 Å². The van der Waals surface area contributed by atoms with E-state index in [1.807, 2.05) is 24.3 Å². The van der Waals surface area contributed by atoms with Crippen LogP contribution in [0.5, 0.6) is 0 Å². The zero-order valence-corrected chi connectivity index (χ0v) is 24.5. The van der Waals surface area contributed by atoms with Crippen LogP contribution in [-0.4, -0.2) is 33.9 Å². The van der Waals surface area contributed by atoms with Gasteiger partial charge in [-0.1, -0.05) is 63.4 Å². The summed E-state index contributed by atoms with van der Waals surface area (Å²) in [5.74, 6) is -0.810. The first-order chi connectivity index (χ1) is 17.8. The Morgan fingerprint density at radius 2 is 1.47 bits per heavy atom. The molecular formula is C29H27BrCl2N2O4. The summed E-state index contributed by atoms with van der Waals surface area (Å²) in [4.78, 5) is 42.8. The average Bonchev–Trinajstić information content (AvgIpc) is 2.99. The second-order valence-corrected chi connectivity index (χ2v) is 12.2. The molecule has 1 aliphatic heterocycles. The molecule has 198 valence electrons. The third-order valence-electron chi connectivity index (χ3n) is 6.18. The molecule has 1 aliphatic rings. The van der Waals surface area contributed by atoms with Gasteiger partial charge in [-0.05, 0) is 81.3 Å². The summed E-state index contributed by atoms with van der Waals surface area (Å²) < 4.78 is 6.35. The van der Waals surface area contributed by atoms with E-state index >= 15 is 0 Å². The summed E-state index contributed by atoms with van der Waals surface area (Å²) in [6, 6.07) is 18.6. The van der Waals surface area contributed by atoms with Crippen molar-refractivity contribution < 1.29 is 19.1 Å². The van der Waals surface area contributed by atoms with Crippen molar-refractivity contribution in [3.05, 3.63) is 97.9 Å². The topological polar surface area (TPSA) is 66.9 Å². The predicted molar refractivity (Wildman–Crippen MR) is 153 cm³/mol. The number of urea groups is 1. The lowest BCUT2D eigenvalue weighted by Crippen LogP contribution is -2.48. The highest BCUT2D eigenvalue weighted by Gasteiger charge is 2.54. The highest BCUT2D eigenvalue weighted by molar-refractivity contribution is 9.10. The third-order valence-corrected chi connectivity index (χ3v) is 7.14. The molecule has 1 heterocycles. The molecule has 0 unspecified atom stereocenters. The summed E-state index contributed by atoms with van der Waals surface area (Å²) >= 11 is 15.8. The lowest BCUT2D eigenvalue weighted by Gasteiger charge is -2.32. The first-order valence-electron chi connectivity index (χ1n) is 12.0. The van der Waals surface area contributed by atoms with Gasteiger partial charge in [0.05, 0.1) is 11.3 Å². The normalized spacial score (nSPS) is 17.8. The highest BCUT2D eigenvalue weighted by Crippen LogP contribution is 2.38. The van der Waals surface area contributed by atoms with Gasteiger partial charge < -0.3 is 9.64 Å². The van der Waals surface area contributed by atoms with Crippen molar-refractivity contribution in [2.75, 3.05) is 4.90 Å². The van der Waals surface area contributed by atoms with E-state index < -0.39 is 23.1 Å². The molecule has 0 bridgehead atoms. The summed E-state index contributed by atoms with van der Waals surface area (Å²) in [7, 11) is 0. The Bertz CT molecular complexity index is 1370. The molecule has 1 atom stereocenters. The number of hydrogen-bond donors (Lipinski definition) is 0. The van der Waals surface area contributed by atoms with E-state index in [1.54, 1.807) is 75.1 Å². The van der Waals surface area contributed by atoms with Gasteiger partial charge >= 0.3 is 12.0 Å². The maximum absolute atomic E-state index is 13.9. The number of amides is 3. The second-order valence-electron chi connectivity index (χ2n) is 10.4. The number of hydrogen-bond acceptors (Lipinski definition) is 4. The minimum Gasteiger partial charge on any atom is -0.456 e. The Kier molecular flexibility index (Phi) is 7.94. The van der Waals surface area contributed by atoms with Crippen molar-refractivity contribution >= 4 is 62.7 Å². The maximum Gasteiger partial charge on any atom is 0.338 e. The molecule has 3 amide bonds. The van der Waals surface area contributed by atoms with Crippen LogP contribution in [0.15, 0.2) is 71.2 Å². The molecule has 6 nitrogen and oxygen atoms in total. The fraction of sp³-hybridized carbons (Fsp3) is 0.276. The molecule has 0 radical (unpaired) electrons. The van der Waals surface area contributed by atoms with Crippen LogP contribution < -0.4 is 4.90 Å². The predicted octanol–water partition coefficient (Wildman–Crippen LogP) is 7.68. The SMILES string of the molecule is CC(C)(C)OC(=O)c1ccc(CN2C(=O)N(c3cc(Cl)cc(Cl)c3)C(=O)[C@@]2(C)Cc2ccc(Br)cc2)cc1. The molecule has 9 heteroatoms. The van der Waals surface area contributed by atoms with Crippen LogP contribution in [0.1, 0.15) is 49.2 Å². The van der Waals surface area contributed by atoms with Crippen molar-refractivity contribution in [1.82, 2.24) is 4.90 Å². The number of imide groups is 1. The zero-order valence-electron chi connectivity index (χ0n) is 21.4. The number of carbonyl (C=O) groups excluding carboxylic acids is 3. The van der Waals surface area contributed by atoms with Crippen LogP contribution in [0, 0.1) is 0 Å². The molecule has 3 aromatic carbocycles. The Morgan fingerprint density at radius 1 is 0.921 bits per heavy atom. The summed E-state index contributed by atoms with van der Waals surface area (Å²) in [6.07, 6.45) is 0.297. The van der Waals surface area contributed by atoms with Gasteiger partial charge in [0, 0.05) is 27.5 Å². The number of esters is 1. The van der Waals surface area contributed by atoms with Gasteiger partial charge in [0.1, 0.15) is 11.1 Å². The molecule has 3 aromatic rings. The average molecular weight is 618 g/mol. The van der Waals surface area contributed by atoms with Crippen LogP contribution in [-0.2, 0) is 22.5 Å². The molecule has 1 fully saturated rings. The number of anilines is 1. The van der Waals surface area contributed by atoms with Crippen molar-refractivity contribution in [1.29, 1.82) is 0 Å². The van der Waals surface area contributed by atoms with E-state index in [0.717, 1.165) is 20.5 Å². The smallest absolute Gasteiger partial charge is 0.338 e. The molecule has 0 N–H and O–H groups in total. The number of nitrogens with zero attached hydrogens (tertiary/aromatic N) is 2. The van der Waals surface area contributed by atoms with Crippen molar-refractivity contribution in [3.8, 4) is 0 Å². The van der Waals surface area contributed by atoms with Gasteiger partial charge in [0.15, 0.2) is 0 Å². The monoisotopic (exact) mass is 616 g/mol. The molecule has 1 saturated heterocycles. The number of halogens is 3. The molecule has 0 aliphatic carbocycles. The number of rotatable bonds is 6. The molecule has 0 spiro atoms. The Labute approximate surface area is 240 Å². The van der Waals surface area contributed by atoms with Gasteiger partial charge in [-0.3, -0.25) is 4.79 Å². The Balaban J connectivity index is 1.69. The molecule has 4 rings (SSSR count). The van der Waals surface area contributed by atoms with Gasteiger partial charge in [0.2, 0.25) is 0 Å². The first-order valence-corrected chi connectivity index (χ1v) is 13.5. The number of carbonyl (C=O) groups is 3. The lowest BCUT2D eigenvalue weighted by molar-refractivity contribution is -0.124. The van der Waals surface area contributed by atoms with Crippen LogP contribution >= 0.6 is 39.1 Å². The van der Waals surface area contributed by atoms with Crippen LogP contribution in [0.2, 0.25) is 10.0 Å². The molecular weight excluding hydrogens is 591 g/mol. The molecule has 38 heavy (non-hydrogen) atoms. The van der Waals surface area contributed by atoms with E-state index in [-0.39, 0.29) is 12.5 Å². The Hall–Kier alpha value is -2.87. The number of ether oxygens (including phenoxy) is 1. The van der Waals surface area contributed by atoms with Crippen molar-refractivity contribution in [2.24, 2.45) is 0 Å². The minimum absolute atomic E-state index is 0.150. The van der Waals surface area contributed by atoms with Crippen molar-refractivity contribution in [2.45, 2.75) is 51.8 Å². The maximum atomic E-state index is 13.9. The van der Waals surface area contributed by atoms with E-state index in [9.17, 15) is 14.4 Å². The van der Waals surface area contributed by atoms with Crippen molar-refractivity contribution in [3.63, 3.8) is 0 Å². The second kappa shape index (κ2) is 10.7. The van der Waals surface area contributed by atoms with E-state index in [4.69, 9.17) is 27.9 Å². The van der Waals surface area contributed by atoms with Gasteiger partial charge in [-0.2, -0.15) is 0 Å². The minimum atomic E-state index is -1.19. The Morgan fingerprint density at radius 3 is 2.03 bits per heavy atom. The highest BCUT2D eigenvalue weighted by atomic mass is 79.9. The van der Waals surface area contributed by atoms with E-state index in [0.29, 0.717) is 27.7 Å². The third kappa shape index (κ3) is 6.06. The van der Waals surface area contributed by atoms with Gasteiger partial charge in [-0.15, -0.1) is 0 Å². The van der Waals surface area contributed by atoms with Crippen LogP contribution in [0.4, 0.5) is 10.5 Å². The number of benzene rings is 3. The zero-order chi connectivity index (χ0) is 27.8. The largest absolute Gasteiger partial charge is 0.456 e. The van der Waals surface area contributed by atoms with Crippen LogP contribution in [0.25, 0.3) is 0 Å². The van der Waals surface area contributed by atoms with E-state index in [2.05, 4.69) is 15.9 Å². The summed E-state index contributed by atoms with van der Waals surface area (Å²) in [6.45, 7) is 7.33.